The monoisotopic (exact) mass is 305 g/mol. The zero-order valence-corrected chi connectivity index (χ0v) is 11.7. The molecule has 0 amide bonds. The fourth-order valence-corrected chi connectivity index (χ4v) is 1.81. The van der Waals surface area contributed by atoms with Crippen LogP contribution in [0.25, 0.3) is 0 Å². The summed E-state index contributed by atoms with van der Waals surface area (Å²) in [5.41, 5.74) is 1.06. The van der Waals surface area contributed by atoms with E-state index in [0.29, 0.717) is 30.9 Å². The van der Waals surface area contributed by atoms with Gasteiger partial charge in [0.2, 0.25) is 0 Å². The van der Waals surface area contributed by atoms with E-state index < -0.39 is 17.5 Å². The minimum Gasteiger partial charge on any atom is -0.385 e. The summed E-state index contributed by atoms with van der Waals surface area (Å²) in [4.78, 5) is 10.3. The molecular weight excluding hydrogens is 287 g/mol. The molecule has 0 atom stereocenters. The molecule has 1 rings (SSSR count). The highest BCUT2D eigenvalue weighted by atomic mass is 19.4. The first-order valence-corrected chi connectivity index (χ1v) is 6.66. The average Bonchev–Trinajstić information content (AvgIpc) is 2.37. The molecule has 0 fully saturated rings. The number of hydrogen-bond acceptors (Lipinski definition) is 4. The summed E-state index contributed by atoms with van der Waals surface area (Å²) >= 11 is 0. The Balaban J connectivity index is 2.55. The van der Waals surface area contributed by atoms with Gasteiger partial charge in [0.15, 0.2) is 0 Å². The molecule has 0 aliphatic heterocycles. The van der Waals surface area contributed by atoms with Crippen molar-refractivity contribution in [2.45, 2.75) is 32.4 Å². The molecule has 0 aliphatic carbocycles. The second-order valence-corrected chi connectivity index (χ2v) is 4.56. The average molecular weight is 305 g/mol. The number of hydrogen-bond donors (Lipinski definition) is 2. The molecule has 8 heteroatoms. The van der Waals surface area contributed by atoms with Crippen LogP contribution in [-0.2, 0) is 0 Å². The van der Waals surface area contributed by atoms with Crippen LogP contribution < -0.4 is 10.6 Å². The molecule has 0 spiro atoms. The molecule has 0 heterocycles. The van der Waals surface area contributed by atoms with Gasteiger partial charge in [-0.1, -0.05) is 0 Å². The molecule has 2 N–H and O–H groups in total. The fourth-order valence-electron chi connectivity index (χ4n) is 1.81. The summed E-state index contributed by atoms with van der Waals surface area (Å²) in [6.45, 7) is 2.82. The highest BCUT2D eigenvalue weighted by Gasteiger charge is 2.25. The van der Waals surface area contributed by atoms with Crippen LogP contribution in [0.3, 0.4) is 0 Å². The van der Waals surface area contributed by atoms with Gasteiger partial charge in [-0.2, -0.15) is 13.2 Å². The zero-order chi connectivity index (χ0) is 15.9. The van der Waals surface area contributed by atoms with Crippen molar-refractivity contribution in [3.8, 4) is 0 Å². The van der Waals surface area contributed by atoms with E-state index >= 15 is 0 Å². The molecule has 21 heavy (non-hydrogen) atoms. The standard InChI is InChI=1S/C13H18F3N3O2/c1-2-17-10-7-11(9-12(8-10)19(20)21)18-6-4-3-5-13(14,15)16/h7-9,17-18H,2-6H2,1H3. The maximum absolute atomic E-state index is 12.0. The van der Waals surface area contributed by atoms with Gasteiger partial charge < -0.3 is 10.6 Å². The van der Waals surface area contributed by atoms with Crippen LogP contribution in [0.15, 0.2) is 18.2 Å². The molecule has 0 saturated carbocycles. The lowest BCUT2D eigenvalue weighted by molar-refractivity contribution is -0.384. The highest BCUT2D eigenvalue weighted by Crippen LogP contribution is 2.25. The van der Waals surface area contributed by atoms with E-state index in [1.807, 2.05) is 6.92 Å². The number of benzene rings is 1. The lowest BCUT2D eigenvalue weighted by Gasteiger charge is -2.10. The Hall–Kier alpha value is -1.99. The lowest BCUT2D eigenvalue weighted by Crippen LogP contribution is -2.09. The predicted molar refractivity (Wildman–Crippen MR) is 75.7 cm³/mol. The number of nitro groups is 1. The van der Waals surface area contributed by atoms with Crippen molar-refractivity contribution in [3.63, 3.8) is 0 Å². The number of alkyl halides is 3. The fraction of sp³-hybridized carbons (Fsp3) is 0.538. The van der Waals surface area contributed by atoms with Crippen LogP contribution in [0.4, 0.5) is 30.2 Å². The van der Waals surface area contributed by atoms with E-state index in [0.717, 1.165) is 0 Å². The topological polar surface area (TPSA) is 67.2 Å². The van der Waals surface area contributed by atoms with Gasteiger partial charge in [0, 0.05) is 43.0 Å². The van der Waals surface area contributed by atoms with Crippen LogP contribution in [-0.4, -0.2) is 24.2 Å². The quantitative estimate of drug-likeness (QED) is 0.430. The van der Waals surface area contributed by atoms with E-state index in [1.54, 1.807) is 6.07 Å². The third-order valence-electron chi connectivity index (χ3n) is 2.73. The van der Waals surface area contributed by atoms with Crippen molar-refractivity contribution in [2.75, 3.05) is 23.7 Å². The van der Waals surface area contributed by atoms with E-state index in [2.05, 4.69) is 10.6 Å². The Labute approximate surface area is 120 Å². The zero-order valence-electron chi connectivity index (χ0n) is 11.7. The molecule has 5 nitrogen and oxygen atoms in total. The first-order valence-electron chi connectivity index (χ1n) is 6.66. The smallest absolute Gasteiger partial charge is 0.385 e. The van der Waals surface area contributed by atoms with Gasteiger partial charge >= 0.3 is 6.18 Å². The van der Waals surface area contributed by atoms with Gasteiger partial charge in [-0.15, -0.1) is 0 Å². The van der Waals surface area contributed by atoms with Crippen LogP contribution in [0.1, 0.15) is 26.2 Å². The second kappa shape index (κ2) is 7.70. The predicted octanol–water partition coefficient (Wildman–Crippen LogP) is 4.17. The van der Waals surface area contributed by atoms with Gasteiger partial charge in [-0.25, -0.2) is 0 Å². The number of anilines is 2. The number of nitrogens with zero attached hydrogens (tertiary/aromatic N) is 1. The maximum atomic E-state index is 12.0. The molecule has 0 saturated heterocycles. The molecule has 118 valence electrons. The Bertz CT molecular complexity index is 478. The van der Waals surface area contributed by atoms with E-state index in [1.165, 1.54) is 12.1 Å². The summed E-state index contributed by atoms with van der Waals surface area (Å²) in [7, 11) is 0. The number of non-ortho nitro benzene ring substituents is 1. The Morgan fingerprint density at radius 3 is 2.29 bits per heavy atom. The second-order valence-electron chi connectivity index (χ2n) is 4.56. The van der Waals surface area contributed by atoms with Crippen LogP contribution >= 0.6 is 0 Å². The van der Waals surface area contributed by atoms with Crippen molar-refractivity contribution < 1.29 is 18.1 Å². The van der Waals surface area contributed by atoms with Crippen molar-refractivity contribution in [2.24, 2.45) is 0 Å². The number of halogens is 3. The summed E-state index contributed by atoms with van der Waals surface area (Å²) in [5.74, 6) is 0. The van der Waals surface area contributed by atoms with Gasteiger partial charge in [0.25, 0.3) is 5.69 Å². The van der Waals surface area contributed by atoms with Crippen molar-refractivity contribution in [3.05, 3.63) is 28.3 Å². The van der Waals surface area contributed by atoms with Crippen LogP contribution in [0, 0.1) is 10.1 Å². The number of nitro benzene ring substituents is 1. The highest BCUT2D eigenvalue weighted by molar-refractivity contribution is 5.63. The first-order chi connectivity index (χ1) is 9.81. The Kier molecular flexibility index (Phi) is 6.26. The maximum Gasteiger partial charge on any atom is 0.389 e. The van der Waals surface area contributed by atoms with E-state index in [9.17, 15) is 23.3 Å². The molecule has 0 bridgehead atoms. The van der Waals surface area contributed by atoms with Gasteiger partial charge in [0.1, 0.15) is 0 Å². The normalized spacial score (nSPS) is 11.2. The summed E-state index contributed by atoms with van der Waals surface area (Å²) < 4.78 is 35.9. The van der Waals surface area contributed by atoms with Crippen molar-refractivity contribution >= 4 is 17.1 Å². The van der Waals surface area contributed by atoms with E-state index in [4.69, 9.17) is 0 Å². The molecule has 0 aliphatic rings. The molecule has 1 aromatic carbocycles. The Morgan fingerprint density at radius 2 is 1.76 bits per heavy atom. The third-order valence-corrected chi connectivity index (χ3v) is 2.73. The van der Waals surface area contributed by atoms with Crippen LogP contribution in [0.2, 0.25) is 0 Å². The van der Waals surface area contributed by atoms with Crippen LogP contribution in [0.5, 0.6) is 0 Å². The molecule has 0 unspecified atom stereocenters. The SMILES string of the molecule is CCNc1cc(NCCCCC(F)(F)F)cc([N+](=O)[O-])c1. The molecule has 0 radical (unpaired) electrons. The largest absolute Gasteiger partial charge is 0.389 e. The molecule has 1 aromatic rings. The summed E-state index contributed by atoms with van der Waals surface area (Å²) in [5, 5.41) is 16.7. The summed E-state index contributed by atoms with van der Waals surface area (Å²) in [6, 6.07) is 4.48. The third kappa shape index (κ3) is 6.82. The van der Waals surface area contributed by atoms with Crippen molar-refractivity contribution in [1.29, 1.82) is 0 Å². The van der Waals surface area contributed by atoms with Gasteiger partial charge in [0.05, 0.1) is 4.92 Å². The molecule has 0 aromatic heterocycles. The number of nitrogens with one attached hydrogen (secondary N) is 2. The number of rotatable bonds is 8. The lowest BCUT2D eigenvalue weighted by atomic mass is 10.2. The molecular formula is C13H18F3N3O2. The minimum atomic E-state index is -4.14. The number of unbranched alkanes of at least 4 members (excludes halogenated alkanes) is 1. The van der Waals surface area contributed by atoms with E-state index in [-0.39, 0.29) is 12.1 Å². The van der Waals surface area contributed by atoms with Crippen molar-refractivity contribution in [1.82, 2.24) is 0 Å². The minimum absolute atomic E-state index is 0.0332. The van der Waals surface area contributed by atoms with Gasteiger partial charge in [-0.05, 0) is 25.8 Å². The van der Waals surface area contributed by atoms with Gasteiger partial charge in [-0.3, -0.25) is 10.1 Å². The first kappa shape index (κ1) is 17.1. The summed E-state index contributed by atoms with van der Waals surface area (Å²) in [6.07, 6.45) is -4.57. The Morgan fingerprint density at radius 1 is 1.14 bits per heavy atom.